The minimum absolute atomic E-state index is 0.285. The van der Waals surface area contributed by atoms with E-state index in [2.05, 4.69) is 10.3 Å². The van der Waals surface area contributed by atoms with Gasteiger partial charge in [-0.1, -0.05) is 0 Å². The molecule has 0 saturated heterocycles. The van der Waals surface area contributed by atoms with Gasteiger partial charge in [0.2, 0.25) is 0 Å². The van der Waals surface area contributed by atoms with E-state index in [9.17, 15) is 13.2 Å². The molecule has 2 atom stereocenters. The molecule has 0 saturated carbocycles. The van der Waals surface area contributed by atoms with Crippen LogP contribution in [-0.2, 0) is 0 Å². The average molecular weight is 263 g/mol. The van der Waals surface area contributed by atoms with Crippen molar-refractivity contribution in [3.05, 3.63) is 16.1 Å². The Hall–Kier alpha value is -1.13. The molecule has 1 aromatic heterocycles. The van der Waals surface area contributed by atoms with E-state index in [4.69, 9.17) is 5.26 Å². The summed E-state index contributed by atoms with van der Waals surface area (Å²) in [5.74, 6) is -1.98. The second kappa shape index (κ2) is 5.47. The van der Waals surface area contributed by atoms with Gasteiger partial charge in [-0.2, -0.15) is 18.4 Å². The van der Waals surface area contributed by atoms with E-state index in [0.717, 1.165) is 9.88 Å². The summed E-state index contributed by atoms with van der Waals surface area (Å²) in [4.78, 5) is 5.07. The molecule has 0 radical (unpaired) electrons. The van der Waals surface area contributed by atoms with Crippen LogP contribution in [0.5, 0.6) is 0 Å². The number of aromatic nitrogens is 1. The number of nitrogens with one attached hydrogen (secondary N) is 1. The van der Waals surface area contributed by atoms with Gasteiger partial charge in [0.1, 0.15) is 5.01 Å². The lowest BCUT2D eigenvalue weighted by Gasteiger charge is -2.16. The first-order chi connectivity index (χ1) is 7.84. The maximum atomic E-state index is 12.3. The molecular weight excluding hydrogens is 251 g/mol. The minimum atomic E-state index is -4.49. The fourth-order valence-electron chi connectivity index (χ4n) is 1.19. The van der Waals surface area contributed by atoms with Crippen LogP contribution in [0, 0.1) is 24.2 Å². The first kappa shape index (κ1) is 13.9. The van der Waals surface area contributed by atoms with E-state index in [1.807, 2.05) is 6.92 Å². The number of thiazole rings is 1. The highest BCUT2D eigenvalue weighted by Gasteiger charge is 2.39. The van der Waals surface area contributed by atoms with Crippen molar-refractivity contribution in [2.24, 2.45) is 5.92 Å². The quantitative estimate of drug-likeness (QED) is 0.908. The first-order valence-corrected chi connectivity index (χ1v) is 5.78. The molecule has 0 bridgehead atoms. The van der Waals surface area contributed by atoms with Gasteiger partial charge < -0.3 is 5.32 Å². The van der Waals surface area contributed by atoms with E-state index in [-0.39, 0.29) is 6.04 Å². The number of halogens is 3. The predicted molar refractivity (Wildman–Crippen MR) is 58.4 cm³/mol. The molecule has 1 N–H and O–H groups in total. The van der Waals surface area contributed by atoms with Gasteiger partial charge in [-0.05, 0) is 13.8 Å². The van der Waals surface area contributed by atoms with E-state index >= 15 is 0 Å². The predicted octanol–water partition coefficient (Wildman–Crippen LogP) is 2.80. The molecule has 17 heavy (non-hydrogen) atoms. The molecule has 7 heteroatoms. The molecule has 0 fully saturated rings. The number of hydrogen-bond acceptors (Lipinski definition) is 4. The third kappa shape index (κ3) is 3.98. The summed E-state index contributed by atoms with van der Waals surface area (Å²) in [6.07, 6.45) is -2.82. The van der Waals surface area contributed by atoms with Crippen molar-refractivity contribution in [3.63, 3.8) is 0 Å². The number of hydrogen-bond donors (Lipinski definition) is 1. The van der Waals surface area contributed by atoms with Crippen LogP contribution < -0.4 is 5.32 Å². The topological polar surface area (TPSA) is 48.7 Å². The van der Waals surface area contributed by atoms with Crippen molar-refractivity contribution >= 4 is 11.3 Å². The van der Waals surface area contributed by atoms with Crippen LogP contribution in [0.1, 0.15) is 22.9 Å². The number of rotatable bonds is 4. The van der Waals surface area contributed by atoms with Crippen molar-refractivity contribution in [3.8, 4) is 6.07 Å². The zero-order valence-electron chi connectivity index (χ0n) is 9.38. The van der Waals surface area contributed by atoms with Gasteiger partial charge in [-0.25, -0.2) is 4.98 Å². The summed E-state index contributed by atoms with van der Waals surface area (Å²) in [5.41, 5.74) is 0. The van der Waals surface area contributed by atoms with Gasteiger partial charge in [0, 0.05) is 17.6 Å². The lowest BCUT2D eigenvalue weighted by Crippen LogP contribution is -2.33. The largest absolute Gasteiger partial charge is 0.405 e. The minimum Gasteiger partial charge on any atom is -0.306 e. The van der Waals surface area contributed by atoms with Crippen LogP contribution in [0.3, 0.4) is 0 Å². The Morgan fingerprint density at radius 1 is 1.59 bits per heavy atom. The third-order valence-corrected chi connectivity index (χ3v) is 3.28. The standard InChI is InChI=1S/C10H12F3N3S/c1-6-4-16-9(17-6)7(2)15-5-8(3-14)10(11,12)13/h4,7-8,15H,5H2,1-2H3. The van der Waals surface area contributed by atoms with Crippen LogP contribution in [0.2, 0.25) is 0 Å². The van der Waals surface area contributed by atoms with Crippen LogP contribution in [0.4, 0.5) is 13.2 Å². The van der Waals surface area contributed by atoms with Crippen molar-refractivity contribution in [2.75, 3.05) is 6.54 Å². The number of aryl methyl sites for hydroxylation is 1. The Labute approximate surface area is 101 Å². The number of nitriles is 1. The van der Waals surface area contributed by atoms with E-state index in [0.29, 0.717) is 0 Å². The molecule has 1 heterocycles. The molecule has 0 spiro atoms. The second-order valence-electron chi connectivity index (χ2n) is 3.66. The summed E-state index contributed by atoms with van der Waals surface area (Å²) < 4.78 is 36.9. The zero-order chi connectivity index (χ0) is 13.1. The van der Waals surface area contributed by atoms with Crippen LogP contribution in [0.25, 0.3) is 0 Å². The highest BCUT2D eigenvalue weighted by Crippen LogP contribution is 2.26. The Balaban J connectivity index is 2.54. The molecule has 3 nitrogen and oxygen atoms in total. The molecule has 94 valence electrons. The summed E-state index contributed by atoms with van der Waals surface area (Å²) in [6, 6.07) is 0.964. The van der Waals surface area contributed by atoms with Gasteiger partial charge in [-0.15, -0.1) is 11.3 Å². The molecule has 0 aliphatic heterocycles. The van der Waals surface area contributed by atoms with Crippen molar-refractivity contribution in [1.82, 2.24) is 10.3 Å². The van der Waals surface area contributed by atoms with Crippen molar-refractivity contribution in [1.29, 1.82) is 5.26 Å². The Kier molecular flexibility index (Phi) is 4.48. The normalized spacial score (nSPS) is 15.3. The van der Waals surface area contributed by atoms with Crippen LogP contribution >= 0.6 is 11.3 Å². The summed E-state index contributed by atoms with van der Waals surface area (Å²) in [7, 11) is 0. The Morgan fingerprint density at radius 2 is 2.24 bits per heavy atom. The fourth-order valence-corrected chi connectivity index (χ4v) is 1.99. The summed E-state index contributed by atoms with van der Waals surface area (Å²) in [6.45, 7) is 3.19. The first-order valence-electron chi connectivity index (χ1n) is 4.96. The molecule has 0 aliphatic carbocycles. The number of alkyl halides is 3. The second-order valence-corrected chi connectivity index (χ2v) is 4.93. The highest BCUT2D eigenvalue weighted by atomic mass is 32.1. The van der Waals surface area contributed by atoms with Crippen LogP contribution in [-0.4, -0.2) is 17.7 Å². The third-order valence-electron chi connectivity index (χ3n) is 2.19. The maximum Gasteiger partial charge on any atom is 0.405 e. The lowest BCUT2D eigenvalue weighted by molar-refractivity contribution is -0.157. The summed E-state index contributed by atoms with van der Waals surface area (Å²) in [5, 5.41) is 11.8. The number of nitrogens with zero attached hydrogens (tertiary/aromatic N) is 2. The van der Waals surface area contributed by atoms with Gasteiger partial charge in [-0.3, -0.25) is 0 Å². The molecule has 2 unspecified atom stereocenters. The van der Waals surface area contributed by atoms with Crippen molar-refractivity contribution < 1.29 is 13.2 Å². The smallest absolute Gasteiger partial charge is 0.306 e. The molecule has 1 aromatic rings. The van der Waals surface area contributed by atoms with Gasteiger partial charge in [0.05, 0.1) is 12.1 Å². The molecule has 0 aliphatic rings. The lowest BCUT2D eigenvalue weighted by atomic mass is 10.1. The average Bonchev–Trinajstić information content (AvgIpc) is 2.63. The maximum absolute atomic E-state index is 12.3. The van der Waals surface area contributed by atoms with Gasteiger partial charge in [0.15, 0.2) is 5.92 Å². The molecule has 1 rings (SSSR count). The Morgan fingerprint density at radius 3 is 2.65 bits per heavy atom. The highest BCUT2D eigenvalue weighted by molar-refractivity contribution is 7.11. The van der Waals surface area contributed by atoms with E-state index < -0.39 is 18.6 Å². The van der Waals surface area contributed by atoms with E-state index in [1.165, 1.54) is 17.4 Å². The zero-order valence-corrected chi connectivity index (χ0v) is 10.2. The van der Waals surface area contributed by atoms with Crippen molar-refractivity contribution in [2.45, 2.75) is 26.1 Å². The molecule has 0 amide bonds. The van der Waals surface area contributed by atoms with Gasteiger partial charge in [0.25, 0.3) is 0 Å². The SMILES string of the molecule is Cc1cnc(C(C)NCC(C#N)C(F)(F)F)s1. The monoisotopic (exact) mass is 263 g/mol. The van der Waals surface area contributed by atoms with E-state index in [1.54, 1.807) is 13.1 Å². The molecule has 0 aromatic carbocycles. The van der Waals surface area contributed by atoms with Crippen LogP contribution in [0.15, 0.2) is 6.20 Å². The fraction of sp³-hybridized carbons (Fsp3) is 0.600. The Bertz CT molecular complexity index is 408. The summed E-state index contributed by atoms with van der Waals surface area (Å²) >= 11 is 1.42. The molecular formula is C10H12F3N3S. The van der Waals surface area contributed by atoms with Gasteiger partial charge >= 0.3 is 6.18 Å².